The lowest BCUT2D eigenvalue weighted by Crippen LogP contribution is -2.61. The van der Waals surface area contributed by atoms with Crippen LogP contribution in [0.1, 0.15) is 5.56 Å². The largest absolute Gasteiger partial charge is 0.422 e. The van der Waals surface area contributed by atoms with E-state index < -0.39 is 60.2 Å². The van der Waals surface area contributed by atoms with E-state index in [0.29, 0.717) is 0 Å². The molecule has 3 aromatic rings. The lowest BCUT2D eigenvalue weighted by Gasteiger charge is -2.40. The van der Waals surface area contributed by atoms with Crippen LogP contribution in [0.4, 0.5) is 18.9 Å². The first-order chi connectivity index (χ1) is 15.6. The Morgan fingerprint density at radius 1 is 1.00 bits per heavy atom. The summed E-state index contributed by atoms with van der Waals surface area (Å²) in [5.74, 6) is 0. The van der Waals surface area contributed by atoms with Crippen LogP contribution in [-0.4, -0.2) is 57.7 Å². The fraction of sp³-hybridized carbons (Fsp3) is 0.318. The first kappa shape index (κ1) is 23.2. The quantitative estimate of drug-likeness (QED) is 0.367. The van der Waals surface area contributed by atoms with E-state index in [1.165, 1.54) is 30.3 Å². The van der Waals surface area contributed by atoms with E-state index in [9.17, 15) is 33.3 Å². The predicted octanol–water partition coefficient (Wildman–Crippen LogP) is 1.69. The van der Waals surface area contributed by atoms with Crippen LogP contribution in [0.3, 0.4) is 0 Å². The Balaban J connectivity index is 1.77. The number of benzene rings is 2. The van der Waals surface area contributed by atoms with Gasteiger partial charge in [0.1, 0.15) is 29.9 Å². The molecule has 4 rings (SSSR count). The zero-order valence-electron chi connectivity index (χ0n) is 16.9. The third-order valence-electron chi connectivity index (χ3n) is 5.49. The summed E-state index contributed by atoms with van der Waals surface area (Å²) >= 11 is 0. The summed E-state index contributed by atoms with van der Waals surface area (Å²) in [6, 6.07) is 9.55. The van der Waals surface area contributed by atoms with Crippen molar-refractivity contribution in [3.8, 4) is 11.1 Å². The van der Waals surface area contributed by atoms with Crippen molar-refractivity contribution < 1.29 is 42.8 Å². The molecule has 176 valence electrons. The van der Waals surface area contributed by atoms with Gasteiger partial charge in [-0.15, -0.1) is 0 Å². The highest BCUT2D eigenvalue weighted by atomic mass is 19.4. The Morgan fingerprint density at radius 2 is 1.70 bits per heavy atom. The van der Waals surface area contributed by atoms with Crippen molar-refractivity contribution in [3.05, 3.63) is 64.5 Å². The topological polar surface area (TPSA) is 132 Å². The van der Waals surface area contributed by atoms with Gasteiger partial charge < -0.3 is 34.9 Å². The average molecular weight is 467 g/mol. The van der Waals surface area contributed by atoms with E-state index in [1.807, 2.05) is 0 Å². The highest BCUT2D eigenvalue weighted by Gasteiger charge is 2.44. The van der Waals surface area contributed by atoms with Crippen molar-refractivity contribution in [1.29, 1.82) is 0 Å². The maximum absolute atomic E-state index is 14.0. The van der Waals surface area contributed by atoms with Gasteiger partial charge in [0.2, 0.25) is 0 Å². The summed E-state index contributed by atoms with van der Waals surface area (Å²) in [5, 5.41) is 41.8. The Bertz CT molecular complexity index is 1200. The number of hydrogen-bond donors (Lipinski definition) is 5. The summed E-state index contributed by atoms with van der Waals surface area (Å²) in [4.78, 5) is 12.6. The molecule has 0 amide bonds. The van der Waals surface area contributed by atoms with Crippen LogP contribution in [-0.2, 0) is 10.9 Å². The number of aliphatic hydroxyl groups is 4. The van der Waals surface area contributed by atoms with Crippen LogP contribution in [0.25, 0.3) is 22.1 Å². The van der Waals surface area contributed by atoms with Gasteiger partial charge in [-0.25, -0.2) is 4.79 Å². The number of alkyl halides is 3. The molecule has 0 spiro atoms. The molecule has 5 atom stereocenters. The van der Waals surface area contributed by atoms with Crippen molar-refractivity contribution in [2.75, 3.05) is 11.9 Å². The fourth-order valence-electron chi connectivity index (χ4n) is 3.90. The summed E-state index contributed by atoms with van der Waals surface area (Å²) in [7, 11) is 0. The standard InChI is InChI=1S/C22H20F3NO7/c23-22(24,25)16-12-7-6-11(26-17-19(29)18(28)14(9-27)33-21(17)31)8-13(12)32-20(30)15(16)10-4-2-1-3-5-10/h1-8,14,17-19,21,26-29,31H,9H2/t14?,17?,18-,19-,21-/m1/s1. The minimum absolute atomic E-state index is 0.0562. The van der Waals surface area contributed by atoms with Crippen molar-refractivity contribution in [2.24, 2.45) is 0 Å². The Hall–Kier alpha value is -2.96. The first-order valence-corrected chi connectivity index (χ1v) is 9.92. The molecule has 1 aliphatic heterocycles. The minimum atomic E-state index is -4.86. The molecule has 1 aliphatic rings. The molecular formula is C22H20F3NO7. The number of rotatable bonds is 4. The normalized spacial score (nSPS) is 25.8. The molecule has 11 heteroatoms. The van der Waals surface area contributed by atoms with Gasteiger partial charge in [0.15, 0.2) is 6.29 Å². The van der Waals surface area contributed by atoms with Gasteiger partial charge in [0.05, 0.1) is 17.7 Å². The first-order valence-electron chi connectivity index (χ1n) is 9.92. The van der Waals surface area contributed by atoms with Crippen LogP contribution in [0, 0.1) is 0 Å². The molecule has 1 saturated heterocycles. The molecule has 33 heavy (non-hydrogen) atoms. The van der Waals surface area contributed by atoms with Crippen molar-refractivity contribution in [1.82, 2.24) is 0 Å². The fourth-order valence-corrected chi connectivity index (χ4v) is 3.90. The van der Waals surface area contributed by atoms with Gasteiger partial charge in [-0.3, -0.25) is 0 Å². The van der Waals surface area contributed by atoms with Crippen molar-refractivity contribution in [3.63, 3.8) is 0 Å². The number of nitrogens with one attached hydrogen (secondary N) is 1. The lowest BCUT2D eigenvalue weighted by molar-refractivity contribution is -0.245. The molecule has 0 bridgehead atoms. The molecule has 0 radical (unpaired) electrons. The van der Waals surface area contributed by atoms with Gasteiger partial charge in [-0.05, 0) is 17.7 Å². The lowest BCUT2D eigenvalue weighted by atomic mass is 9.96. The molecule has 8 nitrogen and oxygen atoms in total. The van der Waals surface area contributed by atoms with E-state index in [0.717, 1.165) is 12.1 Å². The van der Waals surface area contributed by atoms with Gasteiger partial charge in [-0.2, -0.15) is 13.2 Å². The molecule has 2 unspecified atom stereocenters. The monoisotopic (exact) mass is 467 g/mol. The van der Waals surface area contributed by atoms with E-state index >= 15 is 0 Å². The molecule has 0 aliphatic carbocycles. The summed E-state index contributed by atoms with van der Waals surface area (Å²) < 4.78 is 52.3. The molecular weight excluding hydrogens is 447 g/mol. The average Bonchev–Trinajstić information content (AvgIpc) is 2.78. The minimum Gasteiger partial charge on any atom is -0.422 e. The van der Waals surface area contributed by atoms with Crippen LogP contribution in [0.15, 0.2) is 57.7 Å². The molecule has 2 heterocycles. The summed E-state index contributed by atoms with van der Waals surface area (Å²) in [6.45, 7) is -0.646. The Morgan fingerprint density at radius 3 is 2.33 bits per heavy atom. The van der Waals surface area contributed by atoms with Gasteiger partial charge in [-0.1, -0.05) is 30.3 Å². The second-order valence-electron chi connectivity index (χ2n) is 7.61. The number of halogens is 3. The highest BCUT2D eigenvalue weighted by molar-refractivity contribution is 5.89. The molecule has 5 N–H and O–H groups in total. The molecule has 0 saturated carbocycles. The van der Waals surface area contributed by atoms with Gasteiger partial charge in [0, 0.05) is 17.1 Å². The number of ether oxygens (including phenoxy) is 1. The third kappa shape index (κ3) is 4.33. The predicted molar refractivity (Wildman–Crippen MR) is 110 cm³/mol. The van der Waals surface area contributed by atoms with Crippen LogP contribution < -0.4 is 10.9 Å². The maximum atomic E-state index is 14.0. The van der Waals surface area contributed by atoms with E-state index in [-0.39, 0.29) is 22.2 Å². The summed E-state index contributed by atoms with van der Waals surface area (Å²) in [5.41, 5.74) is -3.16. The summed E-state index contributed by atoms with van der Waals surface area (Å²) in [6.07, 6.45) is -10.8. The van der Waals surface area contributed by atoms with Gasteiger partial charge >= 0.3 is 11.8 Å². The zero-order valence-corrected chi connectivity index (χ0v) is 16.9. The van der Waals surface area contributed by atoms with E-state index in [4.69, 9.17) is 14.3 Å². The maximum Gasteiger partial charge on any atom is 0.417 e. The highest BCUT2D eigenvalue weighted by Crippen LogP contribution is 2.40. The Labute approximate surface area is 184 Å². The van der Waals surface area contributed by atoms with Crippen LogP contribution >= 0.6 is 0 Å². The van der Waals surface area contributed by atoms with E-state index in [1.54, 1.807) is 6.07 Å². The number of fused-ring (bicyclic) bond motifs is 1. The molecule has 1 aromatic heterocycles. The number of hydrogen-bond acceptors (Lipinski definition) is 8. The van der Waals surface area contributed by atoms with Gasteiger partial charge in [0.25, 0.3) is 0 Å². The molecule has 1 fully saturated rings. The number of anilines is 1. The molecule has 2 aromatic carbocycles. The smallest absolute Gasteiger partial charge is 0.417 e. The van der Waals surface area contributed by atoms with Crippen molar-refractivity contribution in [2.45, 2.75) is 36.8 Å². The van der Waals surface area contributed by atoms with E-state index in [2.05, 4.69) is 5.32 Å². The second kappa shape index (κ2) is 8.76. The SMILES string of the molecule is O=c1oc2cc(NC3[C@H](O)OC(CO)[C@@H](O)[C@@H]3O)ccc2c(C(F)(F)F)c1-c1ccccc1. The second-order valence-corrected chi connectivity index (χ2v) is 7.61. The third-order valence-corrected chi connectivity index (χ3v) is 5.49. The van der Waals surface area contributed by atoms with Crippen LogP contribution in [0.5, 0.6) is 0 Å². The van der Waals surface area contributed by atoms with Crippen molar-refractivity contribution >= 4 is 16.7 Å². The zero-order chi connectivity index (χ0) is 23.9. The van der Waals surface area contributed by atoms with Crippen LogP contribution in [0.2, 0.25) is 0 Å². The Kier molecular flexibility index (Phi) is 6.16. The number of aliphatic hydroxyl groups excluding tert-OH is 4.